The summed E-state index contributed by atoms with van der Waals surface area (Å²) in [5.41, 5.74) is 2.09. The number of benzene rings is 2. The Balaban J connectivity index is 0.000000610. The number of rotatable bonds is 9. The first-order valence-corrected chi connectivity index (χ1v) is 28.3. The fourth-order valence-electron chi connectivity index (χ4n) is 2.94. The second-order valence-corrected chi connectivity index (χ2v) is 31.2. The van der Waals surface area contributed by atoms with Gasteiger partial charge in [-0.25, -0.2) is 16.8 Å². The van der Waals surface area contributed by atoms with Crippen LogP contribution in [0, 0.1) is 13.8 Å². The van der Waals surface area contributed by atoms with E-state index in [4.69, 9.17) is 0 Å². The summed E-state index contributed by atoms with van der Waals surface area (Å²) in [6.07, 6.45) is 6.86. The van der Waals surface area contributed by atoms with E-state index in [1.807, 2.05) is 38.1 Å². The summed E-state index contributed by atoms with van der Waals surface area (Å²) in [4.78, 5) is 0.670. The topological polar surface area (TPSA) is 74.8 Å². The average Bonchev–Trinajstić information content (AvgIpc) is 3.51. The van der Waals surface area contributed by atoms with Gasteiger partial charge in [0.2, 0.25) is 20.0 Å². The third-order valence-electron chi connectivity index (χ3n) is 4.97. The molecule has 1 heterocycles. The summed E-state index contributed by atoms with van der Waals surface area (Å²) < 4.78 is 51.4. The first kappa shape index (κ1) is 42.7. The lowest BCUT2D eigenvalue weighted by molar-refractivity contribution is 0.474. The van der Waals surface area contributed by atoms with Gasteiger partial charge in [-0.1, -0.05) is 67.7 Å². The van der Waals surface area contributed by atoms with Crippen LogP contribution in [-0.2, 0) is 69.1 Å². The molecular formula is C24H37N2O4P5S7. The normalized spacial score (nSPS) is 12.8. The highest BCUT2D eigenvalue weighted by Gasteiger charge is 2.24. The number of nitrogens with zero attached hydrogens (tertiary/aromatic N) is 2. The van der Waals surface area contributed by atoms with Crippen molar-refractivity contribution in [2.24, 2.45) is 0 Å². The van der Waals surface area contributed by atoms with Crippen molar-refractivity contribution in [3.8, 4) is 0 Å². The van der Waals surface area contributed by atoms with Crippen molar-refractivity contribution in [2.75, 3.05) is 26.2 Å². The first-order chi connectivity index (χ1) is 19.8. The second-order valence-electron chi connectivity index (χ2n) is 8.06. The molecule has 0 saturated carbocycles. The van der Waals surface area contributed by atoms with Crippen LogP contribution in [0.1, 0.15) is 11.1 Å². The van der Waals surface area contributed by atoms with E-state index in [1.165, 1.54) is 35.3 Å². The second kappa shape index (κ2) is 24.0. The molecular weight excluding hydrogens is 760 g/mol. The molecule has 2 aromatic carbocycles. The van der Waals surface area contributed by atoms with E-state index in [2.05, 4.69) is 62.3 Å². The minimum absolute atomic E-state index is 0.226. The molecule has 0 spiro atoms. The number of hydrogen-bond acceptors (Lipinski definition) is 6. The van der Waals surface area contributed by atoms with Crippen LogP contribution in [0.3, 0.4) is 0 Å². The quantitative estimate of drug-likeness (QED) is 0.218. The lowest BCUT2D eigenvalue weighted by Crippen LogP contribution is -2.31. The van der Waals surface area contributed by atoms with E-state index >= 15 is 0 Å². The van der Waals surface area contributed by atoms with Crippen molar-refractivity contribution in [3.05, 3.63) is 97.1 Å². The lowest BCUT2D eigenvalue weighted by Gasteiger charge is -2.18. The molecule has 0 amide bonds. The van der Waals surface area contributed by atoms with Gasteiger partial charge in [-0.3, -0.25) is 0 Å². The van der Waals surface area contributed by atoms with Gasteiger partial charge in [-0.15, -0.1) is 39.9 Å². The zero-order valence-corrected chi connectivity index (χ0v) is 34.3. The maximum Gasteiger partial charge on any atom is 0.243 e. The summed E-state index contributed by atoms with van der Waals surface area (Å²) >= 11 is 8.89. The van der Waals surface area contributed by atoms with Gasteiger partial charge in [0, 0.05) is 75.2 Å². The Bertz CT molecular complexity index is 1460. The van der Waals surface area contributed by atoms with E-state index < -0.39 is 20.0 Å². The zero-order chi connectivity index (χ0) is 32.2. The molecule has 4 atom stereocenters. The molecule has 1 aliphatic rings. The molecule has 0 fully saturated rings. The van der Waals surface area contributed by atoms with Crippen molar-refractivity contribution in [1.29, 1.82) is 0 Å². The highest BCUT2D eigenvalue weighted by atomic mass is 33.3. The van der Waals surface area contributed by atoms with E-state index in [0.717, 1.165) is 19.1 Å². The summed E-state index contributed by atoms with van der Waals surface area (Å²) in [6, 6.07) is 13.7. The molecule has 0 aromatic heterocycles. The van der Waals surface area contributed by atoms with Crippen molar-refractivity contribution in [1.82, 2.24) is 8.61 Å². The Kier molecular flexibility index (Phi) is 24.4. The minimum atomic E-state index is -3.45. The molecule has 1 aliphatic heterocycles. The van der Waals surface area contributed by atoms with Crippen LogP contribution in [0.15, 0.2) is 95.8 Å². The molecule has 4 unspecified atom stereocenters. The summed E-state index contributed by atoms with van der Waals surface area (Å²) in [7, 11) is 6.45. The molecule has 0 aliphatic carbocycles. The van der Waals surface area contributed by atoms with Gasteiger partial charge >= 0.3 is 0 Å². The van der Waals surface area contributed by atoms with Crippen LogP contribution in [0.5, 0.6) is 0 Å². The Morgan fingerprint density at radius 1 is 0.881 bits per heavy atom. The smallest absolute Gasteiger partial charge is 0.207 e. The van der Waals surface area contributed by atoms with Crippen LogP contribution < -0.4 is 0 Å². The molecule has 234 valence electrons. The highest BCUT2D eigenvalue weighted by Crippen LogP contribution is 2.71. The Labute approximate surface area is 280 Å². The molecule has 0 N–H and O–H groups in total. The minimum Gasteiger partial charge on any atom is -0.207 e. The molecule has 3 rings (SSSR count). The highest BCUT2D eigenvalue weighted by molar-refractivity contribution is 8.77. The third-order valence-corrected chi connectivity index (χ3v) is 25.0. The third kappa shape index (κ3) is 16.9. The van der Waals surface area contributed by atoms with Gasteiger partial charge in [0.15, 0.2) is 0 Å². The Morgan fingerprint density at radius 2 is 1.26 bits per heavy atom. The van der Waals surface area contributed by atoms with Crippen LogP contribution in [0.4, 0.5) is 0 Å². The standard InChI is InChI=1S/C13H17NO2S.C11H13NO2S.H7P5.S5/c1-4-10-14(11-5-2)17(15,16)13-8-6-12(3)7-9-13;1-10-4-6-11(7-5-10)15(13,14)12-8-2-3-9-12;1-4-5(2)3;1-3-5-4-2/h4-9H,1-2,10-11H2,3H3;2-7H,8-9H2,1H3;4H,1-3H2;. The fraction of sp³-hybridized carbons (Fsp3) is 0.250. The summed E-state index contributed by atoms with van der Waals surface area (Å²) in [6.45, 7) is 12.7. The number of aryl methyl sites for hydroxylation is 2. The van der Waals surface area contributed by atoms with Crippen molar-refractivity contribution >= 4 is 111 Å². The van der Waals surface area contributed by atoms with Gasteiger partial charge in [0.1, 0.15) is 0 Å². The van der Waals surface area contributed by atoms with Gasteiger partial charge in [0.05, 0.1) is 9.79 Å². The monoisotopic (exact) mass is 796 g/mol. The van der Waals surface area contributed by atoms with E-state index in [1.54, 1.807) is 48.6 Å². The largest absolute Gasteiger partial charge is 0.243 e. The van der Waals surface area contributed by atoms with Crippen molar-refractivity contribution in [3.63, 3.8) is 0 Å². The van der Waals surface area contributed by atoms with Crippen LogP contribution in [0.2, 0.25) is 0 Å². The summed E-state index contributed by atoms with van der Waals surface area (Å²) in [5, 5.41) is 0. The molecule has 18 heteroatoms. The van der Waals surface area contributed by atoms with Crippen molar-refractivity contribution in [2.45, 2.75) is 23.6 Å². The SMILES string of the molecule is C=CCN(CC=C)S(=O)(=O)c1ccc(C)cc1.Cc1ccc(S(=O)(=O)N2CC=CC2)cc1.PPP(P)P.S=S=S=S=S. The summed E-state index contributed by atoms with van der Waals surface area (Å²) in [5.74, 6) is 0. The van der Waals surface area contributed by atoms with Gasteiger partial charge in [-0.2, -0.15) is 8.61 Å². The van der Waals surface area contributed by atoms with Gasteiger partial charge in [0.25, 0.3) is 0 Å². The Morgan fingerprint density at radius 3 is 1.57 bits per heavy atom. The Hall–Kier alpha value is 0.730. The molecule has 2 aromatic rings. The van der Waals surface area contributed by atoms with Crippen LogP contribution in [-0.4, -0.2) is 51.6 Å². The predicted octanol–water partition coefficient (Wildman–Crippen LogP) is 6.33. The fourth-order valence-corrected chi connectivity index (χ4v) is 8.41. The predicted molar refractivity (Wildman–Crippen MR) is 211 cm³/mol. The molecule has 42 heavy (non-hydrogen) atoms. The van der Waals surface area contributed by atoms with Crippen LogP contribution >= 0.6 is 41.7 Å². The van der Waals surface area contributed by atoms with E-state index in [0.29, 0.717) is 22.9 Å². The van der Waals surface area contributed by atoms with Gasteiger partial charge in [-0.05, 0) is 45.1 Å². The molecule has 0 radical (unpaired) electrons. The molecule has 0 bridgehead atoms. The number of sulfonamides is 2. The van der Waals surface area contributed by atoms with E-state index in [9.17, 15) is 16.8 Å². The van der Waals surface area contributed by atoms with Gasteiger partial charge < -0.3 is 0 Å². The number of hydrogen-bond donors (Lipinski definition) is 0. The average molecular weight is 797 g/mol. The molecule has 6 nitrogen and oxygen atoms in total. The lowest BCUT2D eigenvalue weighted by atomic mass is 10.2. The maximum atomic E-state index is 12.3. The maximum absolute atomic E-state index is 12.3. The first-order valence-electron chi connectivity index (χ1n) is 11.8. The van der Waals surface area contributed by atoms with E-state index in [-0.39, 0.29) is 20.1 Å². The molecule has 0 saturated heterocycles. The zero-order valence-electron chi connectivity index (χ0n) is 23.2. The van der Waals surface area contributed by atoms with Crippen molar-refractivity contribution < 1.29 is 16.8 Å². The van der Waals surface area contributed by atoms with Crippen LogP contribution in [0.25, 0.3) is 0 Å².